The number of hydrogen-bond acceptors (Lipinski definition) is 8. The number of rotatable bonds is 8. The summed E-state index contributed by atoms with van der Waals surface area (Å²) in [6.45, 7) is 4.97. The van der Waals surface area contributed by atoms with Gasteiger partial charge < -0.3 is 14.8 Å². The number of thioether (sulfide) groups is 1. The van der Waals surface area contributed by atoms with Crippen LogP contribution in [-0.2, 0) is 32.0 Å². The van der Waals surface area contributed by atoms with Crippen molar-refractivity contribution in [2.75, 3.05) is 26.0 Å². The highest BCUT2D eigenvalue weighted by molar-refractivity contribution is 7.99. The number of aryl methyl sites for hydroxylation is 2. The van der Waals surface area contributed by atoms with Crippen molar-refractivity contribution in [1.82, 2.24) is 14.9 Å². The van der Waals surface area contributed by atoms with E-state index in [4.69, 9.17) is 9.72 Å². The molecule has 0 unspecified atom stereocenters. The van der Waals surface area contributed by atoms with Crippen molar-refractivity contribution in [3.8, 4) is 0 Å². The number of carbonyl (C=O) groups is 2. The zero-order valence-electron chi connectivity index (χ0n) is 16.8. The monoisotopic (exact) mass is 439 g/mol. The fourth-order valence-corrected chi connectivity index (χ4v) is 5.34. The number of carbonyl (C=O) groups excluding carboxylic acids is 2. The maximum Gasteiger partial charge on any atom is 0.325 e. The Kier molecular flexibility index (Phi) is 7.31. The third-order valence-corrected chi connectivity index (χ3v) is 6.85. The Morgan fingerprint density at radius 1 is 1.45 bits per heavy atom. The van der Waals surface area contributed by atoms with Crippen LogP contribution in [0, 0.1) is 6.92 Å². The number of ether oxygens (including phenoxy) is 2. The first-order valence-electron chi connectivity index (χ1n) is 9.55. The summed E-state index contributed by atoms with van der Waals surface area (Å²) < 4.78 is 11.9. The standard InChI is InChI=1S/C19H25N3O5S2/c1-4-13-11(2)29-17-16(13)18(25)22(9-12-6-5-7-27-12)19(21-17)28-10-14(23)20-8-15(24)26-3/h12H,4-10H2,1-3H3,(H,20,23)/t12-/m0/s1. The molecule has 158 valence electrons. The molecular formula is C19H25N3O5S2. The van der Waals surface area contributed by atoms with Gasteiger partial charge in [0.25, 0.3) is 5.56 Å². The van der Waals surface area contributed by atoms with E-state index in [9.17, 15) is 14.4 Å². The molecule has 1 saturated heterocycles. The highest BCUT2D eigenvalue weighted by atomic mass is 32.2. The fraction of sp³-hybridized carbons (Fsp3) is 0.579. The number of thiophene rings is 1. The van der Waals surface area contributed by atoms with Gasteiger partial charge in [0.2, 0.25) is 5.91 Å². The molecule has 0 radical (unpaired) electrons. The Bertz CT molecular complexity index is 963. The zero-order chi connectivity index (χ0) is 21.0. The number of nitrogens with one attached hydrogen (secondary N) is 1. The van der Waals surface area contributed by atoms with Crippen LogP contribution in [0.25, 0.3) is 10.2 Å². The van der Waals surface area contributed by atoms with E-state index in [1.54, 1.807) is 4.57 Å². The lowest BCUT2D eigenvalue weighted by Crippen LogP contribution is -2.32. The molecule has 3 heterocycles. The summed E-state index contributed by atoms with van der Waals surface area (Å²) >= 11 is 2.69. The van der Waals surface area contributed by atoms with Crippen LogP contribution < -0.4 is 10.9 Å². The number of nitrogens with zero attached hydrogens (tertiary/aromatic N) is 2. The maximum atomic E-state index is 13.3. The average Bonchev–Trinajstić information content (AvgIpc) is 3.33. The Labute approximate surface area is 177 Å². The Morgan fingerprint density at radius 2 is 2.24 bits per heavy atom. The van der Waals surface area contributed by atoms with Crippen molar-refractivity contribution in [3.05, 3.63) is 20.8 Å². The molecule has 0 bridgehead atoms. The minimum absolute atomic E-state index is 0.0238. The predicted octanol–water partition coefficient (Wildman–Crippen LogP) is 1.89. The third kappa shape index (κ3) is 4.99. The molecule has 2 aromatic heterocycles. The molecule has 10 heteroatoms. The van der Waals surface area contributed by atoms with Crippen molar-refractivity contribution in [2.45, 2.75) is 50.9 Å². The first kappa shape index (κ1) is 21.8. The van der Waals surface area contributed by atoms with Crippen LogP contribution in [0.15, 0.2) is 9.95 Å². The van der Waals surface area contributed by atoms with Gasteiger partial charge in [-0.1, -0.05) is 18.7 Å². The van der Waals surface area contributed by atoms with Crippen molar-refractivity contribution < 1.29 is 19.1 Å². The fourth-order valence-electron chi connectivity index (χ4n) is 3.34. The summed E-state index contributed by atoms with van der Waals surface area (Å²) in [5.41, 5.74) is 0.958. The Morgan fingerprint density at radius 3 is 2.90 bits per heavy atom. The van der Waals surface area contributed by atoms with Crippen molar-refractivity contribution in [3.63, 3.8) is 0 Å². The maximum absolute atomic E-state index is 13.3. The molecule has 0 spiro atoms. The van der Waals surface area contributed by atoms with E-state index in [1.165, 1.54) is 30.2 Å². The van der Waals surface area contributed by atoms with Crippen molar-refractivity contribution in [2.24, 2.45) is 0 Å². The van der Waals surface area contributed by atoms with Crippen LogP contribution in [-0.4, -0.2) is 53.5 Å². The number of methoxy groups -OCH3 is 1. The molecule has 0 aliphatic carbocycles. The SMILES string of the molecule is CCc1c(C)sc2nc(SCC(=O)NCC(=O)OC)n(C[C@@H]3CCCO3)c(=O)c12. The normalized spacial score (nSPS) is 16.3. The molecule has 2 aromatic rings. The summed E-state index contributed by atoms with van der Waals surface area (Å²) in [5, 5.41) is 3.67. The van der Waals surface area contributed by atoms with Gasteiger partial charge in [-0.05, 0) is 31.7 Å². The molecule has 1 aliphatic heterocycles. The first-order chi connectivity index (χ1) is 13.9. The minimum Gasteiger partial charge on any atom is -0.468 e. The molecule has 1 N–H and O–H groups in total. The summed E-state index contributed by atoms with van der Waals surface area (Å²) in [6, 6.07) is 0. The van der Waals surface area contributed by atoms with Crippen LogP contribution in [0.5, 0.6) is 0 Å². The van der Waals surface area contributed by atoms with Gasteiger partial charge in [0, 0.05) is 11.5 Å². The van der Waals surface area contributed by atoms with E-state index in [-0.39, 0.29) is 29.9 Å². The van der Waals surface area contributed by atoms with Gasteiger partial charge in [0.1, 0.15) is 11.4 Å². The van der Waals surface area contributed by atoms with Crippen LogP contribution >= 0.6 is 23.1 Å². The zero-order valence-corrected chi connectivity index (χ0v) is 18.4. The number of amides is 1. The number of hydrogen-bond donors (Lipinski definition) is 1. The van der Waals surface area contributed by atoms with E-state index in [0.717, 1.165) is 29.7 Å². The van der Waals surface area contributed by atoms with Gasteiger partial charge in [-0.3, -0.25) is 19.0 Å². The van der Waals surface area contributed by atoms with Crippen LogP contribution in [0.2, 0.25) is 0 Å². The highest BCUT2D eigenvalue weighted by Crippen LogP contribution is 2.30. The van der Waals surface area contributed by atoms with Crippen LogP contribution in [0.3, 0.4) is 0 Å². The van der Waals surface area contributed by atoms with Gasteiger partial charge in [-0.2, -0.15) is 0 Å². The molecule has 1 amide bonds. The predicted molar refractivity (Wildman–Crippen MR) is 113 cm³/mol. The summed E-state index contributed by atoms with van der Waals surface area (Å²) in [6.07, 6.45) is 2.62. The van der Waals surface area contributed by atoms with Gasteiger partial charge in [0.15, 0.2) is 5.16 Å². The van der Waals surface area contributed by atoms with E-state index in [0.29, 0.717) is 28.5 Å². The topological polar surface area (TPSA) is 99.5 Å². The molecule has 1 fully saturated rings. The quantitative estimate of drug-likeness (QED) is 0.381. The minimum atomic E-state index is -0.514. The molecule has 1 atom stereocenters. The van der Waals surface area contributed by atoms with E-state index < -0.39 is 5.97 Å². The third-order valence-electron chi connectivity index (χ3n) is 4.83. The van der Waals surface area contributed by atoms with Gasteiger partial charge in [-0.25, -0.2) is 4.98 Å². The molecule has 29 heavy (non-hydrogen) atoms. The lowest BCUT2D eigenvalue weighted by Gasteiger charge is -2.16. The molecule has 8 nitrogen and oxygen atoms in total. The second-order valence-electron chi connectivity index (χ2n) is 6.76. The molecular weight excluding hydrogens is 414 g/mol. The second kappa shape index (κ2) is 9.73. The highest BCUT2D eigenvalue weighted by Gasteiger charge is 2.23. The Hall–Kier alpha value is -1.91. The lowest BCUT2D eigenvalue weighted by molar-refractivity contribution is -0.140. The number of aromatic nitrogens is 2. The van der Waals surface area contributed by atoms with Crippen LogP contribution in [0.4, 0.5) is 0 Å². The second-order valence-corrected chi connectivity index (χ2v) is 8.90. The molecule has 0 saturated carbocycles. The number of fused-ring (bicyclic) bond motifs is 1. The van der Waals surface area contributed by atoms with Gasteiger partial charge >= 0.3 is 5.97 Å². The summed E-state index contributed by atoms with van der Waals surface area (Å²) in [5.74, 6) is -0.791. The van der Waals surface area contributed by atoms with E-state index >= 15 is 0 Å². The lowest BCUT2D eigenvalue weighted by atomic mass is 10.1. The number of esters is 1. The van der Waals surface area contributed by atoms with Gasteiger partial charge in [-0.15, -0.1) is 11.3 Å². The van der Waals surface area contributed by atoms with E-state index in [1.807, 2.05) is 13.8 Å². The van der Waals surface area contributed by atoms with Crippen molar-refractivity contribution in [1.29, 1.82) is 0 Å². The molecule has 1 aliphatic rings. The summed E-state index contributed by atoms with van der Waals surface area (Å²) in [4.78, 5) is 43.1. The summed E-state index contributed by atoms with van der Waals surface area (Å²) in [7, 11) is 1.26. The first-order valence-corrected chi connectivity index (χ1v) is 11.4. The Balaban J connectivity index is 1.88. The van der Waals surface area contributed by atoms with E-state index in [2.05, 4.69) is 10.1 Å². The average molecular weight is 440 g/mol. The van der Waals surface area contributed by atoms with Gasteiger partial charge in [0.05, 0.1) is 30.9 Å². The smallest absolute Gasteiger partial charge is 0.325 e. The van der Waals surface area contributed by atoms with Crippen LogP contribution in [0.1, 0.15) is 30.2 Å². The van der Waals surface area contributed by atoms with Crippen molar-refractivity contribution >= 4 is 45.2 Å². The largest absolute Gasteiger partial charge is 0.468 e. The molecule has 0 aromatic carbocycles. The molecule has 3 rings (SSSR count).